The molecule has 2 aliphatic rings. The van der Waals surface area contributed by atoms with Crippen molar-refractivity contribution in [2.75, 3.05) is 25.6 Å². The number of hydrogen-bond donors (Lipinski definition) is 4. The first-order valence-electron chi connectivity index (χ1n) is 14.3. The number of aliphatic hydroxyl groups is 2. The third kappa shape index (κ3) is 7.51. The first-order valence-corrected chi connectivity index (χ1v) is 15.8. The van der Waals surface area contributed by atoms with Crippen molar-refractivity contribution in [3.8, 4) is 11.6 Å². The van der Waals surface area contributed by atoms with Crippen LogP contribution in [0.1, 0.15) is 45.8 Å². The second kappa shape index (κ2) is 13.1. The van der Waals surface area contributed by atoms with Crippen LogP contribution < -0.4 is 20.1 Å². The number of hydrogen-bond acceptors (Lipinski definition) is 13. The van der Waals surface area contributed by atoms with E-state index in [-0.39, 0.29) is 41.8 Å². The van der Waals surface area contributed by atoms with E-state index in [0.717, 1.165) is 0 Å². The number of nitrogens with one attached hydrogen (secondary N) is 1. The Morgan fingerprint density at radius 1 is 1.18 bits per heavy atom. The number of carbonyl (C=O) groups excluding carboxylic acids is 1. The molecule has 15 nitrogen and oxygen atoms in total. The van der Waals surface area contributed by atoms with Gasteiger partial charge in [-0.05, 0) is 45.2 Å². The molecule has 45 heavy (non-hydrogen) atoms. The molecule has 4 heterocycles. The predicted molar refractivity (Wildman–Crippen MR) is 153 cm³/mol. The minimum atomic E-state index is -4.34. The maximum absolute atomic E-state index is 14.7. The average Bonchev–Trinajstić information content (AvgIpc) is 3.49. The number of alkyl halides is 2. The quantitative estimate of drug-likeness (QED) is 0.232. The van der Waals surface area contributed by atoms with Gasteiger partial charge in [0.2, 0.25) is 11.8 Å². The summed E-state index contributed by atoms with van der Waals surface area (Å²) in [6.07, 6.45) is -2.80. The first-order chi connectivity index (χ1) is 21.3. The number of aromatic nitrogens is 4. The molecule has 0 saturated carbocycles. The molecule has 5 N–H and O–H groups in total. The van der Waals surface area contributed by atoms with Crippen molar-refractivity contribution in [2.24, 2.45) is 0 Å². The van der Waals surface area contributed by atoms with E-state index in [9.17, 15) is 28.4 Å². The van der Waals surface area contributed by atoms with Gasteiger partial charge < -0.3 is 34.7 Å². The number of fused-ring (bicyclic) bond motifs is 3. The monoisotopic (exact) mass is 656 g/mol. The zero-order chi connectivity index (χ0) is 32.4. The number of imidazole rings is 1. The van der Waals surface area contributed by atoms with E-state index in [4.69, 9.17) is 29.0 Å². The fourth-order valence-electron chi connectivity index (χ4n) is 4.93. The molecule has 2 aliphatic heterocycles. The number of aliphatic hydroxyl groups excluding tert-OH is 1. The van der Waals surface area contributed by atoms with Crippen molar-refractivity contribution < 1.29 is 51.6 Å². The number of esters is 1. The molecule has 0 amide bonds. The number of nitrogens with zero attached hydrogens (tertiary/aromatic N) is 4. The van der Waals surface area contributed by atoms with Crippen LogP contribution >= 0.6 is 7.75 Å². The van der Waals surface area contributed by atoms with Gasteiger partial charge >= 0.3 is 13.7 Å². The molecule has 1 unspecified atom stereocenters. The third-order valence-corrected chi connectivity index (χ3v) is 8.99. The predicted octanol–water partition coefficient (Wildman–Crippen LogP) is 2.73. The van der Waals surface area contributed by atoms with Crippen molar-refractivity contribution in [3.05, 3.63) is 36.7 Å². The average molecular weight is 657 g/mol. The molecule has 18 heteroatoms. The Bertz CT molecular complexity index is 1550. The molecule has 6 bridgehead atoms. The fraction of sp³-hybridized carbons (Fsp3) is 0.556. The van der Waals surface area contributed by atoms with Gasteiger partial charge in [-0.2, -0.15) is 15.1 Å². The van der Waals surface area contributed by atoms with Crippen LogP contribution in [0.5, 0.6) is 11.6 Å². The zero-order valence-corrected chi connectivity index (χ0v) is 25.4. The lowest BCUT2D eigenvalue weighted by molar-refractivity contribution is -0.145. The molecule has 246 valence electrons. The molecular formula is C27H35F2N6O9P. The number of para-hydroxylation sites is 1. The number of nitrogen functional groups attached to an aromatic ring is 1. The largest absolute Gasteiger partial charge is 0.470 e. The van der Waals surface area contributed by atoms with Crippen molar-refractivity contribution >= 4 is 30.8 Å². The second-order valence-corrected chi connectivity index (χ2v) is 12.8. The van der Waals surface area contributed by atoms with Crippen LogP contribution in [0.15, 0.2) is 36.7 Å². The number of nitrogens with two attached hydrogens (primary N) is 1. The van der Waals surface area contributed by atoms with Gasteiger partial charge in [-0.25, -0.2) is 18.3 Å². The highest BCUT2D eigenvalue weighted by atomic mass is 31.2. The van der Waals surface area contributed by atoms with Crippen molar-refractivity contribution in [3.63, 3.8) is 0 Å². The lowest BCUT2D eigenvalue weighted by Gasteiger charge is -2.27. The molecule has 1 saturated heterocycles. The topological polar surface area (TPSA) is 202 Å². The molecule has 6 atom stereocenters. The number of cyclic esters (lactones) is 1. The molecule has 0 spiro atoms. The Morgan fingerprint density at radius 2 is 1.93 bits per heavy atom. The third-order valence-electron chi connectivity index (χ3n) is 7.35. The van der Waals surface area contributed by atoms with Gasteiger partial charge in [0, 0.05) is 6.42 Å². The molecule has 2 aromatic heterocycles. The number of halogens is 2. The lowest BCUT2D eigenvalue weighted by atomic mass is 9.96. The highest BCUT2D eigenvalue weighted by Crippen LogP contribution is 2.47. The molecule has 1 fully saturated rings. The van der Waals surface area contributed by atoms with Crippen LogP contribution in [0.3, 0.4) is 0 Å². The van der Waals surface area contributed by atoms with E-state index in [1.807, 2.05) is 0 Å². The van der Waals surface area contributed by atoms with E-state index >= 15 is 0 Å². The number of ether oxygens (including phenoxy) is 3. The highest BCUT2D eigenvalue weighted by molar-refractivity contribution is 7.52. The lowest BCUT2D eigenvalue weighted by Crippen LogP contribution is -2.44. The number of carbonyl (C=O) groups is 1. The Morgan fingerprint density at radius 3 is 2.69 bits per heavy atom. The number of anilines is 1. The van der Waals surface area contributed by atoms with Crippen molar-refractivity contribution in [2.45, 2.75) is 75.5 Å². The maximum Gasteiger partial charge on any atom is 0.459 e. The van der Waals surface area contributed by atoms with Gasteiger partial charge in [-0.15, -0.1) is 0 Å². The summed E-state index contributed by atoms with van der Waals surface area (Å²) in [5.74, 6) is -4.46. The van der Waals surface area contributed by atoms with Gasteiger partial charge in [0.1, 0.15) is 29.6 Å². The first kappa shape index (κ1) is 32.9. The summed E-state index contributed by atoms with van der Waals surface area (Å²) in [6, 6.07) is 6.86. The highest BCUT2D eigenvalue weighted by Gasteiger charge is 2.54. The van der Waals surface area contributed by atoms with Gasteiger partial charge in [-0.3, -0.25) is 13.9 Å². The summed E-state index contributed by atoms with van der Waals surface area (Å²) in [5, 5.41) is 24.9. The summed E-state index contributed by atoms with van der Waals surface area (Å²) < 4.78 is 72.3. The summed E-state index contributed by atoms with van der Waals surface area (Å²) in [7, 11) is -4.34. The van der Waals surface area contributed by atoms with Crippen molar-refractivity contribution in [1.82, 2.24) is 24.6 Å². The summed E-state index contributed by atoms with van der Waals surface area (Å²) in [5.41, 5.74) is 3.80. The molecule has 5 rings (SSSR count). The van der Waals surface area contributed by atoms with Crippen LogP contribution in [0.25, 0.3) is 11.2 Å². The molecule has 0 aliphatic carbocycles. The minimum Gasteiger partial charge on any atom is -0.470 e. The van der Waals surface area contributed by atoms with Crippen LogP contribution in [-0.4, -0.2) is 85.3 Å². The van der Waals surface area contributed by atoms with Gasteiger partial charge in [0.25, 0.3) is 5.92 Å². The van der Waals surface area contributed by atoms with Crippen molar-refractivity contribution in [1.29, 1.82) is 0 Å². The zero-order valence-electron chi connectivity index (χ0n) is 24.5. The normalized spacial score (nSPS) is 31.8. The smallest absolute Gasteiger partial charge is 0.459 e. The van der Waals surface area contributed by atoms with E-state index in [1.165, 1.54) is 36.9 Å². The van der Waals surface area contributed by atoms with E-state index < -0.39 is 69.4 Å². The Balaban J connectivity index is 1.46. The standard InChI is InChI=1S/C27H35F2N6O9P/c1-16-23(37)40-12-8-4-7-11-27(28,29)14-41-22-19-21(32-25(30)33-22)35(15-31-19)24-26(2,38)20(36)18(43-24)13-42-45(39,34-16)44-17-9-5-3-6-10-17/h3,5-6,9-10,15-16,18,20,24,36,38H,4,7-8,11-14H2,1-2H3,(H,34,39)(H2,30,32,33)/t16-,18-,20-,24-,26-,45?/m1/s1. The Hall–Kier alpha value is -3.47. The molecule has 0 radical (unpaired) electrons. The second-order valence-electron chi connectivity index (χ2n) is 11.1. The molecule has 1 aromatic carbocycles. The Labute approximate surface area is 256 Å². The minimum absolute atomic E-state index is 0.0194. The van der Waals surface area contributed by atoms with Gasteiger partial charge in [0.05, 0.1) is 19.5 Å². The Kier molecular flexibility index (Phi) is 9.58. The SMILES string of the molecule is C[C@H]1NP(=O)(Oc2ccccc2)OC[C@H]2O[C@@H](n3cnc4c(nc(N)nc43)OCC(F)(F)CCCCCOC1=O)[C@](C)(O)[C@@H]2O. The summed E-state index contributed by atoms with van der Waals surface area (Å²) in [4.78, 5) is 24.9. The fourth-order valence-corrected chi connectivity index (χ4v) is 6.44. The van der Waals surface area contributed by atoms with E-state index in [2.05, 4.69) is 20.0 Å². The molecule has 3 aromatic rings. The maximum atomic E-state index is 14.7. The number of rotatable bonds is 2. The van der Waals surface area contributed by atoms with Gasteiger partial charge in [0.15, 0.2) is 24.0 Å². The van der Waals surface area contributed by atoms with Crippen LogP contribution in [-0.2, 0) is 23.4 Å². The van der Waals surface area contributed by atoms with Gasteiger partial charge in [-0.1, -0.05) is 18.2 Å². The number of benzene rings is 1. The van der Waals surface area contributed by atoms with E-state index in [0.29, 0.717) is 12.8 Å². The van der Waals surface area contributed by atoms with Crippen LogP contribution in [0.2, 0.25) is 0 Å². The van der Waals surface area contributed by atoms with Crippen LogP contribution in [0.4, 0.5) is 14.7 Å². The summed E-state index contributed by atoms with van der Waals surface area (Å²) in [6.45, 7) is 1.04. The summed E-state index contributed by atoms with van der Waals surface area (Å²) >= 11 is 0. The van der Waals surface area contributed by atoms with E-state index in [1.54, 1.807) is 18.2 Å². The molecular weight excluding hydrogens is 621 g/mol. The van der Waals surface area contributed by atoms with Crippen LogP contribution in [0, 0.1) is 0 Å².